The monoisotopic (exact) mass is 276 g/mol. The summed E-state index contributed by atoms with van der Waals surface area (Å²) in [6.07, 6.45) is 0. The van der Waals surface area contributed by atoms with Crippen LogP contribution in [0.1, 0.15) is 0 Å². The van der Waals surface area contributed by atoms with Gasteiger partial charge in [0, 0.05) is 0 Å². The van der Waals surface area contributed by atoms with Gasteiger partial charge in [-0.1, -0.05) is 3.89 Å². The summed E-state index contributed by atoms with van der Waals surface area (Å²) in [7, 11) is -5.01. The molecule has 0 aliphatic carbocycles. The Hall–Kier alpha value is -1.81. The van der Waals surface area contributed by atoms with Crippen LogP contribution in [0.2, 0.25) is 0 Å². The molecular formula is C7H5FN4O3S2. The molecule has 0 bridgehead atoms. The molecule has 0 atom stereocenters. The first-order valence-corrected chi connectivity index (χ1v) is 5.92. The van der Waals surface area contributed by atoms with Crippen LogP contribution in [0.25, 0.3) is 5.69 Å². The number of nitrogens with zero attached hydrogens (tertiary/aromatic N) is 3. The van der Waals surface area contributed by atoms with Crippen LogP contribution in [-0.4, -0.2) is 28.6 Å². The minimum Gasteiger partial charge on any atom is -0.358 e. The summed E-state index contributed by atoms with van der Waals surface area (Å²) in [6.45, 7) is 0. The molecule has 17 heavy (non-hydrogen) atoms. The average Bonchev–Trinajstić information content (AvgIpc) is 2.63. The number of tetrazole rings is 1. The molecule has 0 saturated carbocycles. The van der Waals surface area contributed by atoms with Gasteiger partial charge in [-0.05, 0) is 46.9 Å². The molecule has 0 unspecified atom stereocenters. The van der Waals surface area contributed by atoms with Crippen molar-refractivity contribution in [3.8, 4) is 11.4 Å². The van der Waals surface area contributed by atoms with E-state index in [9.17, 15) is 12.3 Å². The van der Waals surface area contributed by atoms with Crippen LogP contribution in [-0.2, 0) is 10.5 Å². The first-order valence-electron chi connectivity index (χ1n) is 4.20. The quantitative estimate of drug-likeness (QED) is 0.662. The minimum absolute atomic E-state index is 0.147. The summed E-state index contributed by atoms with van der Waals surface area (Å²) in [5, 5.41) is 9.59. The molecule has 1 aromatic heterocycles. The number of halogens is 1. The summed E-state index contributed by atoms with van der Waals surface area (Å²) >= 11 is 4.88. The normalized spacial score (nSPS) is 11.4. The van der Waals surface area contributed by atoms with E-state index in [1.54, 1.807) is 0 Å². The van der Waals surface area contributed by atoms with E-state index < -0.39 is 10.5 Å². The third-order valence-corrected chi connectivity index (χ3v) is 2.40. The maximum absolute atomic E-state index is 12.2. The van der Waals surface area contributed by atoms with Crippen molar-refractivity contribution in [2.24, 2.45) is 0 Å². The Balaban J connectivity index is 2.31. The zero-order chi connectivity index (χ0) is 12.5. The number of rotatable bonds is 3. The Morgan fingerprint density at radius 1 is 1.35 bits per heavy atom. The topological polar surface area (TPSA) is 89.9 Å². The van der Waals surface area contributed by atoms with Gasteiger partial charge >= 0.3 is 10.5 Å². The number of hydrogen-bond acceptors (Lipinski definition) is 6. The van der Waals surface area contributed by atoms with Gasteiger partial charge in [-0.2, -0.15) is 13.1 Å². The van der Waals surface area contributed by atoms with Gasteiger partial charge in [-0.15, -0.1) is 0 Å². The lowest BCUT2D eigenvalue weighted by molar-refractivity contribution is 0.440. The lowest BCUT2D eigenvalue weighted by Crippen LogP contribution is -2.02. The molecule has 0 spiro atoms. The van der Waals surface area contributed by atoms with E-state index in [1.807, 2.05) is 0 Å². The maximum Gasteiger partial charge on any atom is 0.488 e. The second kappa shape index (κ2) is 4.22. The molecule has 0 radical (unpaired) electrons. The number of hydrogen-bond donors (Lipinski definition) is 1. The van der Waals surface area contributed by atoms with Crippen molar-refractivity contribution in [1.82, 2.24) is 20.2 Å². The summed E-state index contributed by atoms with van der Waals surface area (Å²) in [4.78, 5) is 0. The van der Waals surface area contributed by atoms with Crippen molar-refractivity contribution in [1.29, 1.82) is 0 Å². The number of benzene rings is 1. The highest BCUT2D eigenvalue weighted by atomic mass is 32.3. The summed E-state index contributed by atoms with van der Waals surface area (Å²) in [6, 6.07) is 5.45. The van der Waals surface area contributed by atoms with E-state index in [4.69, 9.17) is 12.2 Å². The molecule has 2 aromatic rings. The lowest BCUT2D eigenvalue weighted by Gasteiger charge is -2.01. The second-order valence-electron chi connectivity index (χ2n) is 2.89. The Morgan fingerprint density at radius 3 is 2.47 bits per heavy atom. The molecule has 0 aliphatic rings. The van der Waals surface area contributed by atoms with Gasteiger partial charge in [-0.3, -0.25) is 0 Å². The molecule has 2 rings (SSSR count). The zero-order valence-corrected chi connectivity index (χ0v) is 9.70. The fraction of sp³-hybridized carbons (Fsp3) is 0. The standard InChI is InChI=1S/C7H5FN4O3S2/c8-17(13,14)15-6-3-1-5(2-4-6)12-7(16)9-10-11-12/h1-4H,(H,9,11,16). The highest BCUT2D eigenvalue weighted by Crippen LogP contribution is 2.16. The van der Waals surface area contributed by atoms with Crippen molar-refractivity contribution < 1.29 is 16.5 Å². The fourth-order valence-electron chi connectivity index (χ4n) is 1.12. The Kier molecular flexibility index (Phi) is 2.90. The molecule has 0 fully saturated rings. The van der Waals surface area contributed by atoms with Gasteiger partial charge < -0.3 is 4.18 Å². The van der Waals surface area contributed by atoms with Crippen molar-refractivity contribution in [3.63, 3.8) is 0 Å². The molecule has 0 amide bonds. The predicted molar refractivity (Wildman–Crippen MR) is 57.2 cm³/mol. The molecule has 1 N–H and O–H groups in total. The van der Waals surface area contributed by atoms with Gasteiger partial charge in [0.25, 0.3) is 0 Å². The first kappa shape index (κ1) is 11.7. The van der Waals surface area contributed by atoms with E-state index in [-0.39, 0.29) is 10.5 Å². The largest absolute Gasteiger partial charge is 0.488 e. The molecule has 1 aromatic carbocycles. The van der Waals surface area contributed by atoms with Crippen molar-refractivity contribution in [2.75, 3.05) is 0 Å². The van der Waals surface area contributed by atoms with Crippen molar-refractivity contribution in [2.45, 2.75) is 0 Å². The molecule has 0 aliphatic heterocycles. The molecule has 1 heterocycles. The highest BCUT2D eigenvalue weighted by molar-refractivity contribution is 7.81. The second-order valence-corrected chi connectivity index (χ2v) is 4.23. The maximum atomic E-state index is 12.2. The van der Waals surface area contributed by atoms with Crippen LogP contribution < -0.4 is 4.18 Å². The van der Waals surface area contributed by atoms with E-state index in [0.29, 0.717) is 5.69 Å². The number of aromatic amines is 1. The van der Waals surface area contributed by atoms with E-state index in [2.05, 4.69) is 19.7 Å². The van der Waals surface area contributed by atoms with Crippen LogP contribution in [0.4, 0.5) is 3.89 Å². The SMILES string of the molecule is O=S(=O)(F)Oc1ccc(-n2nn[nH]c2=S)cc1. The molecule has 0 saturated heterocycles. The molecular weight excluding hydrogens is 271 g/mol. The number of nitrogens with one attached hydrogen (secondary N) is 1. The molecule has 7 nitrogen and oxygen atoms in total. The van der Waals surface area contributed by atoms with E-state index in [0.717, 1.165) is 0 Å². The smallest absolute Gasteiger partial charge is 0.358 e. The van der Waals surface area contributed by atoms with Gasteiger partial charge in [0.2, 0.25) is 4.77 Å². The van der Waals surface area contributed by atoms with E-state index >= 15 is 0 Å². The highest BCUT2D eigenvalue weighted by Gasteiger charge is 2.09. The summed E-state index contributed by atoms with van der Waals surface area (Å²) in [5.74, 6) is -0.147. The molecule has 10 heteroatoms. The lowest BCUT2D eigenvalue weighted by atomic mass is 10.3. The van der Waals surface area contributed by atoms with Gasteiger partial charge in [0.1, 0.15) is 5.75 Å². The zero-order valence-electron chi connectivity index (χ0n) is 8.07. The summed E-state index contributed by atoms with van der Waals surface area (Å²) in [5.41, 5.74) is 0.535. The summed E-state index contributed by atoms with van der Waals surface area (Å²) < 4.78 is 38.3. The van der Waals surface area contributed by atoms with Crippen molar-refractivity contribution in [3.05, 3.63) is 29.0 Å². The van der Waals surface area contributed by atoms with Gasteiger partial charge in [0.05, 0.1) is 5.69 Å². The van der Waals surface area contributed by atoms with Crippen molar-refractivity contribution >= 4 is 22.7 Å². The average molecular weight is 276 g/mol. The van der Waals surface area contributed by atoms with Gasteiger partial charge in [0.15, 0.2) is 0 Å². The number of aromatic nitrogens is 4. The Morgan fingerprint density at radius 2 is 2.00 bits per heavy atom. The predicted octanol–water partition coefficient (Wildman–Crippen LogP) is 0.918. The minimum atomic E-state index is -5.01. The van der Waals surface area contributed by atoms with Crippen LogP contribution in [0.5, 0.6) is 5.75 Å². The first-order chi connectivity index (χ1) is 7.96. The Bertz CT molecular complexity index is 676. The van der Waals surface area contributed by atoms with Crippen LogP contribution in [0.15, 0.2) is 24.3 Å². The van der Waals surface area contributed by atoms with E-state index in [1.165, 1.54) is 28.9 Å². The van der Waals surface area contributed by atoms with Gasteiger partial charge in [-0.25, -0.2) is 5.10 Å². The third kappa shape index (κ3) is 2.85. The molecule has 90 valence electrons. The number of H-pyrrole nitrogens is 1. The fourth-order valence-corrected chi connectivity index (χ4v) is 1.65. The van der Waals surface area contributed by atoms with Crippen LogP contribution in [0, 0.1) is 4.77 Å². The van der Waals surface area contributed by atoms with Crippen LogP contribution in [0.3, 0.4) is 0 Å². The van der Waals surface area contributed by atoms with Crippen LogP contribution >= 0.6 is 12.2 Å². The third-order valence-electron chi connectivity index (χ3n) is 1.75. The Labute approximate surface area is 100 Å².